The number of H-pyrrole nitrogens is 1. The maximum Gasteiger partial charge on any atom is 0.251 e. The molecule has 3 N–H and O–H groups in total. The van der Waals surface area contributed by atoms with E-state index in [9.17, 15) is 9.59 Å². The van der Waals surface area contributed by atoms with Crippen LogP contribution in [0.1, 0.15) is 85.2 Å². The number of nitrogens with zero attached hydrogens (tertiary/aromatic N) is 1. The van der Waals surface area contributed by atoms with E-state index in [4.69, 9.17) is 11.6 Å². The molecule has 40 heavy (non-hydrogen) atoms. The van der Waals surface area contributed by atoms with E-state index in [1.165, 1.54) is 5.56 Å². The number of carbonyl (C=O) groups is 2. The number of imidazole rings is 1. The first-order valence-electron chi connectivity index (χ1n) is 14.0. The third-order valence-electron chi connectivity index (χ3n) is 6.57. The number of aryl methyl sites for hydroxylation is 1. The van der Waals surface area contributed by atoms with Crippen LogP contribution >= 0.6 is 20.8 Å². The molecule has 0 radical (unpaired) electrons. The fourth-order valence-corrected chi connectivity index (χ4v) is 4.63. The fourth-order valence-electron chi connectivity index (χ4n) is 4.17. The SMILES string of the molecule is CCC/C=C(/C=C\c1ncc(NC(=O)CCCC)[nH]1)c1cc(P)c(C)c(C(=O)NCCCc2ccc(Cl)cc2)c1. The van der Waals surface area contributed by atoms with E-state index in [2.05, 4.69) is 55.8 Å². The molecule has 1 heterocycles. The van der Waals surface area contributed by atoms with Crippen molar-refractivity contribution in [2.45, 2.75) is 65.7 Å². The summed E-state index contributed by atoms with van der Waals surface area (Å²) >= 11 is 5.97. The van der Waals surface area contributed by atoms with Gasteiger partial charge in [-0.3, -0.25) is 9.59 Å². The quantitative estimate of drug-likeness (QED) is 0.107. The second kappa shape index (κ2) is 16.2. The lowest BCUT2D eigenvalue weighted by Crippen LogP contribution is -2.27. The van der Waals surface area contributed by atoms with E-state index in [-0.39, 0.29) is 11.8 Å². The Morgan fingerprint density at radius 2 is 1.88 bits per heavy atom. The molecule has 0 aliphatic rings. The first kappa shape index (κ1) is 31.3. The van der Waals surface area contributed by atoms with Gasteiger partial charge in [0.15, 0.2) is 0 Å². The Bertz CT molecular complexity index is 1350. The Kier molecular flexibility index (Phi) is 12.6. The second-order valence-electron chi connectivity index (χ2n) is 9.84. The summed E-state index contributed by atoms with van der Waals surface area (Å²) in [5, 5.41) is 7.65. The smallest absolute Gasteiger partial charge is 0.251 e. The Labute approximate surface area is 245 Å². The predicted octanol–water partition coefficient (Wildman–Crippen LogP) is 7.26. The molecule has 0 saturated carbocycles. The molecule has 1 aromatic heterocycles. The highest BCUT2D eigenvalue weighted by molar-refractivity contribution is 7.27. The summed E-state index contributed by atoms with van der Waals surface area (Å²) < 4.78 is 0. The van der Waals surface area contributed by atoms with Crippen molar-refractivity contribution in [1.29, 1.82) is 0 Å². The van der Waals surface area contributed by atoms with Gasteiger partial charge in [0.1, 0.15) is 11.6 Å². The third-order valence-corrected chi connectivity index (χ3v) is 7.42. The zero-order valence-corrected chi connectivity index (χ0v) is 25.6. The molecule has 2 aromatic carbocycles. The van der Waals surface area contributed by atoms with Crippen LogP contribution in [0.15, 0.2) is 54.7 Å². The lowest BCUT2D eigenvalue weighted by atomic mass is 9.97. The zero-order chi connectivity index (χ0) is 28.9. The first-order chi connectivity index (χ1) is 19.3. The van der Waals surface area contributed by atoms with Crippen molar-refractivity contribution >= 4 is 55.4 Å². The Morgan fingerprint density at radius 1 is 1.10 bits per heavy atom. The van der Waals surface area contributed by atoms with Crippen LogP contribution in [0, 0.1) is 6.92 Å². The number of aromatic amines is 1. The van der Waals surface area contributed by atoms with Crippen LogP contribution in [0.25, 0.3) is 11.6 Å². The highest BCUT2D eigenvalue weighted by Crippen LogP contribution is 2.22. The lowest BCUT2D eigenvalue weighted by molar-refractivity contribution is -0.116. The number of nitrogens with one attached hydrogen (secondary N) is 3. The highest BCUT2D eigenvalue weighted by atomic mass is 35.5. The van der Waals surface area contributed by atoms with Crippen LogP contribution in [0.3, 0.4) is 0 Å². The Balaban J connectivity index is 1.71. The number of rotatable bonds is 14. The van der Waals surface area contributed by atoms with Crippen molar-refractivity contribution < 1.29 is 9.59 Å². The van der Waals surface area contributed by atoms with E-state index in [0.717, 1.165) is 65.6 Å². The number of carbonyl (C=O) groups excluding carboxylic acids is 2. The molecule has 0 aliphatic heterocycles. The number of anilines is 1. The molecule has 212 valence electrons. The van der Waals surface area contributed by atoms with Crippen LogP contribution in [0.2, 0.25) is 5.02 Å². The minimum atomic E-state index is -0.0764. The van der Waals surface area contributed by atoms with E-state index in [0.29, 0.717) is 30.2 Å². The van der Waals surface area contributed by atoms with Gasteiger partial charge in [-0.05, 0) is 90.5 Å². The van der Waals surface area contributed by atoms with Crippen molar-refractivity contribution in [3.05, 3.63) is 87.8 Å². The summed E-state index contributed by atoms with van der Waals surface area (Å²) in [7, 11) is 2.76. The van der Waals surface area contributed by atoms with Gasteiger partial charge in [0.05, 0.1) is 6.20 Å². The van der Waals surface area contributed by atoms with Crippen LogP contribution < -0.4 is 15.9 Å². The molecule has 1 unspecified atom stereocenters. The molecule has 0 bridgehead atoms. The summed E-state index contributed by atoms with van der Waals surface area (Å²) in [5.41, 5.74) is 4.78. The zero-order valence-electron chi connectivity index (χ0n) is 23.6. The predicted molar refractivity (Wildman–Crippen MR) is 171 cm³/mol. The first-order valence-corrected chi connectivity index (χ1v) is 14.9. The molecule has 8 heteroatoms. The van der Waals surface area contributed by atoms with Crippen molar-refractivity contribution in [1.82, 2.24) is 15.3 Å². The minimum Gasteiger partial charge on any atom is -0.352 e. The van der Waals surface area contributed by atoms with Gasteiger partial charge < -0.3 is 15.6 Å². The van der Waals surface area contributed by atoms with Crippen molar-refractivity contribution in [2.75, 3.05) is 11.9 Å². The summed E-state index contributed by atoms with van der Waals surface area (Å²) in [5.74, 6) is 1.13. The number of halogens is 1. The molecule has 0 saturated heterocycles. The van der Waals surface area contributed by atoms with E-state index < -0.39 is 0 Å². The summed E-state index contributed by atoms with van der Waals surface area (Å²) in [6.45, 7) is 6.76. The number of hydrogen-bond acceptors (Lipinski definition) is 3. The molecule has 6 nitrogen and oxygen atoms in total. The second-order valence-corrected chi connectivity index (χ2v) is 10.9. The molecule has 0 aliphatic carbocycles. The molecular weight excluding hydrogens is 539 g/mol. The maximum absolute atomic E-state index is 13.2. The average Bonchev–Trinajstić information content (AvgIpc) is 3.39. The molecule has 2 amide bonds. The van der Waals surface area contributed by atoms with Crippen molar-refractivity contribution in [3.8, 4) is 0 Å². The van der Waals surface area contributed by atoms with Crippen molar-refractivity contribution in [3.63, 3.8) is 0 Å². The van der Waals surface area contributed by atoms with Gasteiger partial charge in [-0.2, -0.15) is 0 Å². The monoisotopic (exact) mass is 578 g/mol. The molecule has 0 spiro atoms. The third kappa shape index (κ3) is 9.76. The number of aromatic nitrogens is 2. The Morgan fingerprint density at radius 3 is 2.60 bits per heavy atom. The molecular formula is C32H40ClN4O2P. The normalized spacial score (nSPS) is 11.7. The highest BCUT2D eigenvalue weighted by Gasteiger charge is 2.14. The van der Waals surface area contributed by atoms with Gasteiger partial charge in [-0.15, -0.1) is 9.24 Å². The van der Waals surface area contributed by atoms with Gasteiger partial charge in [-0.1, -0.05) is 62.6 Å². The molecule has 3 rings (SSSR count). The van der Waals surface area contributed by atoms with Gasteiger partial charge in [0, 0.05) is 23.6 Å². The molecule has 0 fully saturated rings. The van der Waals surface area contributed by atoms with Gasteiger partial charge in [0.25, 0.3) is 5.91 Å². The topological polar surface area (TPSA) is 86.9 Å². The largest absolute Gasteiger partial charge is 0.352 e. The average molecular weight is 579 g/mol. The van der Waals surface area contributed by atoms with Crippen molar-refractivity contribution in [2.24, 2.45) is 0 Å². The standard InChI is InChI=1S/C32H40ClN4O2P/c1-4-6-10-24(14-17-29-35-21-30(36-29)37-31(38)11-7-5-2)25-19-27(22(3)28(40)20-25)32(39)34-18-8-9-23-12-15-26(33)16-13-23/h10,12-17,19-21H,4-9,11,18,40H2,1-3H3,(H,34,39)(H,35,36)(H,37,38)/b17-14-,24-10-. The summed E-state index contributed by atoms with van der Waals surface area (Å²) in [4.78, 5) is 32.7. The fraction of sp³-hybridized carbons (Fsp3) is 0.344. The summed E-state index contributed by atoms with van der Waals surface area (Å²) in [6, 6.07) is 11.9. The van der Waals surface area contributed by atoms with E-state index >= 15 is 0 Å². The lowest BCUT2D eigenvalue weighted by Gasteiger charge is -2.13. The van der Waals surface area contributed by atoms with E-state index in [1.54, 1.807) is 6.20 Å². The maximum atomic E-state index is 13.2. The minimum absolute atomic E-state index is 0.0204. The number of amides is 2. The molecule has 3 aromatic rings. The van der Waals surface area contributed by atoms with Gasteiger partial charge in [0.2, 0.25) is 5.91 Å². The number of hydrogen-bond donors (Lipinski definition) is 3. The number of unbranched alkanes of at least 4 members (excludes halogenated alkanes) is 2. The van der Waals surface area contributed by atoms with Crippen LogP contribution in [0.5, 0.6) is 0 Å². The van der Waals surface area contributed by atoms with Gasteiger partial charge in [-0.25, -0.2) is 4.98 Å². The molecule has 1 atom stereocenters. The van der Waals surface area contributed by atoms with Gasteiger partial charge >= 0.3 is 0 Å². The van der Waals surface area contributed by atoms with Crippen LogP contribution in [0.4, 0.5) is 5.82 Å². The summed E-state index contributed by atoms with van der Waals surface area (Å²) in [6.07, 6.45) is 13.6. The number of allylic oxidation sites excluding steroid dienone is 3. The van der Waals surface area contributed by atoms with Crippen LogP contribution in [-0.2, 0) is 11.2 Å². The van der Waals surface area contributed by atoms with E-state index in [1.807, 2.05) is 49.4 Å². The van der Waals surface area contributed by atoms with Crippen LogP contribution in [-0.4, -0.2) is 28.3 Å². The Hall–Kier alpha value is -3.21. The number of benzene rings is 2.